The number of sulfonamides is 1. The lowest BCUT2D eigenvalue weighted by Crippen LogP contribution is -2.32. The first-order valence-electron chi connectivity index (χ1n) is 5.92. The normalized spacial score (nSPS) is 18.9. The highest BCUT2D eigenvalue weighted by Crippen LogP contribution is 2.32. The van der Waals surface area contributed by atoms with Gasteiger partial charge in [0.1, 0.15) is 0 Å². The van der Waals surface area contributed by atoms with Crippen LogP contribution in [0.4, 0.5) is 0 Å². The minimum absolute atomic E-state index is 0.332. The van der Waals surface area contributed by atoms with E-state index in [9.17, 15) is 8.42 Å². The van der Waals surface area contributed by atoms with Gasteiger partial charge in [0, 0.05) is 23.6 Å². The second-order valence-corrected chi connectivity index (χ2v) is 7.30. The maximum Gasteiger partial charge on any atom is 0.208 e. The van der Waals surface area contributed by atoms with Crippen LogP contribution in [0.15, 0.2) is 22.7 Å². The molecular weight excluding hydrogens is 316 g/mol. The minimum Gasteiger partial charge on any atom is -0.309 e. The SMILES string of the molecule is CS(=O)(=O)NCCNC1CCc2ccc(Br)cc21. The van der Waals surface area contributed by atoms with Gasteiger partial charge in [0.05, 0.1) is 6.26 Å². The molecule has 4 nitrogen and oxygen atoms in total. The number of rotatable bonds is 5. The van der Waals surface area contributed by atoms with Crippen LogP contribution in [0.2, 0.25) is 0 Å². The lowest BCUT2D eigenvalue weighted by atomic mass is 10.1. The van der Waals surface area contributed by atoms with E-state index in [4.69, 9.17) is 0 Å². The molecule has 2 N–H and O–H groups in total. The summed E-state index contributed by atoms with van der Waals surface area (Å²) in [6.07, 6.45) is 3.33. The predicted octanol–water partition coefficient (Wildman–Crippen LogP) is 1.58. The van der Waals surface area contributed by atoms with Crippen molar-refractivity contribution in [1.29, 1.82) is 0 Å². The molecule has 2 rings (SSSR count). The van der Waals surface area contributed by atoms with Crippen LogP contribution in [0, 0.1) is 0 Å². The van der Waals surface area contributed by atoms with Crippen LogP contribution >= 0.6 is 15.9 Å². The van der Waals surface area contributed by atoms with Gasteiger partial charge in [-0.25, -0.2) is 13.1 Å². The quantitative estimate of drug-likeness (QED) is 0.805. The Bertz CT molecular complexity index is 531. The molecule has 0 fully saturated rings. The van der Waals surface area contributed by atoms with Crippen molar-refractivity contribution in [3.05, 3.63) is 33.8 Å². The average Bonchev–Trinajstić information content (AvgIpc) is 2.66. The van der Waals surface area contributed by atoms with E-state index in [-0.39, 0.29) is 0 Å². The van der Waals surface area contributed by atoms with Crippen LogP contribution in [0.3, 0.4) is 0 Å². The topological polar surface area (TPSA) is 58.2 Å². The Morgan fingerprint density at radius 3 is 2.89 bits per heavy atom. The van der Waals surface area contributed by atoms with Gasteiger partial charge in [0.25, 0.3) is 0 Å². The number of nitrogens with one attached hydrogen (secondary N) is 2. The molecule has 100 valence electrons. The molecule has 0 spiro atoms. The van der Waals surface area contributed by atoms with Crippen molar-refractivity contribution in [2.75, 3.05) is 19.3 Å². The molecule has 0 saturated heterocycles. The Kier molecular flexibility index (Phi) is 4.42. The van der Waals surface area contributed by atoms with Crippen LogP contribution in [0.1, 0.15) is 23.6 Å². The standard InChI is InChI=1S/C12H17BrN2O2S/c1-18(16,17)15-7-6-14-12-5-3-9-2-4-10(13)8-11(9)12/h2,4,8,12,14-15H,3,5-7H2,1H3. The Balaban J connectivity index is 1.88. The Labute approximate surface area is 116 Å². The summed E-state index contributed by atoms with van der Waals surface area (Å²) in [7, 11) is -3.08. The van der Waals surface area contributed by atoms with Gasteiger partial charge in [-0.05, 0) is 36.1 Å². The van der Waals surface area contributed by atoms with Crippen molar-refractivity contribution in [3.8, 4) is 0 Å². The van der Waals surface area contributed by atoms with Crippen molar-refractivity contribution < 1.29 is 8.42 Å². The van der Waals surface area contributed by atoms with Crippen LogP contribution in [0.25, 0.3) is 0 Å². The van der Waals surface area contributed by atoms with Crippen molar-refractivity contribution >= 4 is 26.0 Å². The number of fused-ring (bicyclic) bond motifs is 1. The van der Waals surface area contributed by atoms with Crippen molar-refractivity contribution in [3.63, 3.8) is 0 Å². The second-order valence-electron chi connectivity index (χ2n) is 4.56. The first-order chi connectivity index (χ1) is 8.46. The van der Waals surface area contributed by atoms with E-state index in [1.165, 1.54) is 17.4 Å². The summed E-state index contributed by atoms with van der Waals surface area (Å²) in [5.74, 6) is 0. The van der Waals surface area contributed by atoms with Gasteiger partial charge in [-0.1, -0.05) is 22.0 Å². The molecule has 0 saturated carbocycles. The zero-order valence-corrected chi connectivity index (χ0v) is 12.6. The number of hydrogen-bond acceptors (Lipinski definition) is 3. The van der Waals surface area contributed by atoms with Gasteiger partial charge in [0.2, 0.25) is 10.0 Å². The minimum atomic E-state index is -3.08. The summed E-state index contributed by atoms with van der Waals surface area (Å²) in [6.45, 7) is 1.07. The summed E-state index contributed by atoms with van der Waals surface area (Å²) in [6, 6.07) is 6.69. The van der Waals surface area contributed by atoms with E-state index in [1.807, 2.05) is 0 Å². The van der Waals surface area contributed by atoms with Gasteiger partial charge in [-0.15, -0.1) is 0 Å². The lowest BCUT2D eigenvalue weighted by molar-refractivity contribution is 0.526. The van der Waals surface area contributed by atoms with Gasteiger partial charge < -0.3 is 5.32 Å². The zero-order valence-electron chi connectivity index (χ0n) is 10.2. The molecule has 18 heavy (non-hydrogen) atoms. The highest BCUT2D eigenvalue weighted by Gasteiger charge is 2.21. The van der Waals surface area contributed by atoms with Gasteiger partial charge >= 0.3 is 0 Å². The molecule has 0 amide bonds. The van der Waals surface area contributed by atoms with Crippen molar-refractivity contribution in [2.24, 2.45) is 0 Å². The fraction of sp³-hybridized carbons (Fsp3) is 0.500. The van der Waals surface area contributed by atoms with Crippen LogP contribution < -0.4 is 10.0 Å². The summed E-state index contributed by atoms with van der Waals surface area (Å²) in [4.78, 5) is 0. The molecule has 1 aliphatic carbocycles. The van der Waals surface area contributed by atoms with Crippen LogP contribution in [0.5, 0.6) is 0 Å². The number of hydrogen-bond donors (Lipinski definition) is 2. The summed E-state index contributed by atoms with van der Waals surface area (Å²) < 4.78 is 25.4. The van der Waals surface area contributed by atoms with E-state index in [0.717, 1.165) is 17.3 Å². The lowest BCUT2D eigenvalue weighted by Gasteiger charge is -2.14. The molecule has 1 aliphatic rings. The number of benzene rings is 1. The molecule has 1 atom stereocenters. The molecular formula is C12H17BrN2O2S. The smallest absolute Gasteiger partial charge is 0.208 e. The molecule has 0 aromatic heterocycles. The van der Waals surface area contributed by atoms with E-state index in [1.54, 1.807) is 0 Å². The van der Waals surface area contributed by atoms with Gasteiger partial charge in [0.15, 0.2) is 0 Å². The Hall–Kier alpha value is -0.430. The molecule has 0 aliphatic heterocycles. The van der Waals surface area contributed by atoms with Crippen molar-refractivity contribution in [2.45, 2.75) is 18.9 Å². The van der Waals surface area contributed by atoms with Crippen LogP contribution in [-0.2, 0) is 16.4 Å². The maximum atomic E-state index is 10.9. The number of aryl methyl sites for hydroxylation is 1. The third-order valence-corrected chi connectivity index (χ3v) is 4.29. The largest absolute Gasteiger partial charge is 0.309 e. The molecule has 6 heteroatoms. The van der Waals surface area contributed by atoms with Crippen LogP contribution in [-0.4, -0.2) is 27.8 Å². The second kappa shape index (κ2) is 5.69. The van der Waals surface area contributed by atoms with Gasteiger partial charge in [-0.2, -0.15) is 0 Å². The van der Waals surface area contributed by atoms with Crippen molar-refractivity contribution in [1.82, 2.24) is 10.0 Å². The molecule has 0 heterocycles. The summed E-state index contributed by atoms with van der Waals surface area (Å²) >= 11 is 3.48. The highest BCUT2D eigenvalue weighted by molar-refractivity contribution is 9.10. The maximum absolute atomic E-state index is 10.9. The van der Waals surface area contributed by atoms with Gasteiger partial charge in [-0.3, -0.25) is 0 Å². The summed E-state index contributed by atoms with van der Waals surface area (Å²) in [5, 5.41) is 3.39. The highest BCUT2D eigenvalue weighted by atomic mass is 79.9. The van der Waals surface area contributed by atoms with E-state index >= 15 is 0 Å². The first-order valence-corrected chi connectivity index (χ1v) is 8.60. The third-order valence-electron chi connectivity index (χ3n) is 3.07. The first kappa shape index (κ1) is 14.0. The number of halogens is 1. The monoisotopic (exact) mass is 332 g/mol. The zero-order chi connectivity index (χ0) is 13.2. The van der Waals surface area contributed by atoms with E-state index in [2.05, 4.69) is 44.2 Å². The predicted molar refractivity (Wildman–Crippen MR) is 76.1 cm³/mol. The molecule has 0 radical (unpaired) electrons. The van der Waals surface area contributed by atoms with E-state index < -0.39 is 10.0 Å². The fourth-order valence-corrected chi connectivity index (χ4v) is 3.12. The molecule has 0 bridgehead atoms. The fourth-order valence-electron chi connectivity index (χ4n) is 2.27. The average molecular weight is 333 g/mol. The Morgan fingerprint density at radius 1 is 1.39 bits per heavy atom. The Morgan fingerprint density at radius 2 is 2.17 bits per heavy atom. The third kappa shape index (κ3) is 3.78. The van der Waals surface area contributed by atoms with E-state index in [0.29, 0.717) is 19.1 Å². The molecule has 1 unspecified atom stereocenters. The summed E-state index contributed by atoms with van der Waals surface area (Å²) in [5.41, 5.74) is 2.70. The molecule has 1 aromatic rings. The molecule has 1 aromatic carbocycles.